The Hall–Kier alpha value is -1.89. The third kappa shape index (κ3) is 4.82. The zero-order valence-corrected chi connectivity index (χ0v) is 18.6. The van der Waals surface area contributed by atoms with E-state index in [0.717, 1.165) is 29.9 Å². The van der Waals surface area contributed by atoms with Gasteiger partial charge in [0.25, 0.3) is 0 Å². The van der Waals surface area contributed by atoms with Crippen molar-refractivity contribution in [2.24, 2.45) is 0 Å². The highest BCUT2D eigenvalue weighted by Gasteiger charge is 2.29. The number of thioether (sulfide) groups is 1. The average molecular weight is 426 g/mol. The maximum atomic E-state index is 13.0. The first kappa shape index (κ1) is 20.4. The minimum absolute atomic E-state index is 0.173. The van der Waals surface area contributed by atoms with Crippen molar-refractivity contribution in [3.05, 3.63) is 59.1 Å². The summed E-state index contributed by atoms with van der Waals surface area (Å²) in [6, 6.07) is 17.0. The highest BCUT2D eigenvalue weighted by Crippen LogP contribution is 2.35. The van der Waals surface area contributed by atoms with E-state index in [1.54, 1.807) is 23.1 Å². The monoisotopic (exact) mass is 425 g/mol. The molecule has 0 N–H and O–H groups in total. The fourth-order valence-corrected chi connectivity index (χ4v) is 5.43. The highest BCUT2D eigenvalue weighted by atomic mass is 32.2. The van der Waals surface area contributed by atoms with Gasteiger partial charge in [0.05, 0.1) is 22.8 Å². The van der Waals surface area contributed by atoms with Crippen molar-refractivity contribution in [1.82, 2.24) is 14.8 Å². The predicted octanol–water partition coefficient (Wildman–Crippen LogP) is 5.20. The topological polar surface area (TPSA) is 36.4 Å². The lowest BCUT2D eigenvalue weighted by Crippen LogP contribution is -2.42. The lowest BCUT2D eigenvalue weighted by molar-refractivity contribution is -0.132. The van der Waals surface area contributed by atoms with Crippen LogP contribution in [0.4, 0.5) is 0 Å². The molecule has 29 heavy (non-hydrogen) atoms. The lowest BCUT2D eigenvalue weighted by Gasteiger charge is -2.34. The molecule has 6 heteroatoms. The highest BCUT2D eigenvalue weighted by molar-refractivity contribution is 7.98. The van der Waals surface area contributed by atoms with E-state index >= 15 is 0 Å². The number of nitrogens with zero attached hydrogens (tertiary/aromatic N) is 3. The van der Waals surface area contributed by atoms with Gasteiger partial charge in [-0.3, -0.25) is 9.69 Å². The molecule has 1 aromatic heterocycles. The van der Waals surface area contributed by atoms with Crippen LogP contribution in [0.15, 0.2) is 53.4 Å². The summed E-state index contributed by atoms with van der Waals surface area (Å²) in [5.74, 6) is 0.173. The number of amides is 1. The van der Waals surface area contributed by atoms with E-state index in [-0.39, 0.29) is 11.9 Å². The standard InChI is InChI=1S/C23H27N3OS2/c1-25(15-17-10-12-18(28-2)13-11-17)22(27)16-26-14-6-5-8-20(26)23-24-19-7-3-4-9-21(19)29-23/h3-4,7,9-13,20H,5-6,8,14-16H2,1-2H3/t20-/m0/s1. The molecule has 0 unspecified atom stereocenters. The number of hydrogen-bond acceptors (Lipinski definition) is 5. The molecule has 152 valence electrons. The van der Waals surface area contributed by atoms with Gasteiger partial charge in [0.2, 0.25) is 5.91 Å². The molecule has 1 aliphatic heterocycles. The molecular weight excluding hydrogens is 398 g/mol. The summed E-state index contributed by atoms with van der Waals surface area (Å²) in [6.07, 6.45) is 5.50. The number of fused-ring (bicyclic) bond motifs is 1. The number of para-hydroxylation sites is 1. The number of rotatable bonds is 6. The van der Waals surface area contributed by atoms with Crippen LogP contribution < -0.4 is 0 Å². The zero-order valence-electron chi connectivity index (χ0n) is 17.0. The van der Waals surface area contributed by atoms with E-state index in [4.69, 9.17) is 4.98 Å². The molecule has 1 atom stereocenters. The second-order valence-electron chi connectivity index (χ2n) is 7.60. The summed E-state index contributed by atoms with van der Waals surface area (Å²) in [7, 11) is 1.90. The Bertz CT molecular complexity index is 937. The van der Waals surface area contributed by atoms with Crippen molar-refractivity contribution in [1.29, 1.82) is 0 Å². The maximum Gasteiger partial charge on any atom is 0.236 e. The molecule has 4 nitrogen and oxygen atoms in total. The van der Waals surface area contributed by atoms with Gasteiger partial charge in [0.15, 0.2) is 0 Å². The van der Waals surface area contributed by atoms with E-state index in [9.17, 15) is 4.79 Å². The fourth-order valence-electron chi connectivity index (χ4n) is 3.88. The number of thiazole rings is 1. The first-order valence-corrected chi connectivity index (χ1v) is 12.1. The van der Waals surface area contributed by atoms with Gasteiger partial charge in [-0.2, -0.15) is 0 Å². The normalized spacial score (nSPS) is 17.5. The van der Waals surface area contributed by atoms with Gasteiger partial charge in [-0.25, -0.2) is 4.98 Å². The Morgan fingerprint density at radius 3 is 2.76 bits per heavy atom. The van der Waals surface area contributed by atoms with Crippen molar-refractivity contribution < 1.29 is 4.79 Å². The molecule has 0 saturated carbocycles. The number of carbonyl (C=O) groups excluding carboxylic acids is 1. The molecule has 4 rings (SSSR count). The van der Waals surface area contributed by atoms with E-state index < -0.39 is 0 Å². The number of likely N-dealkylation sites (N-methyl/N-ethyl adjacent to an activating group) is 1. The van der Waals surface area contributed by atoms with Crippen LogP contribution in [0.3, 0.4) is 0 Å². The summed E-state index contributed by atoms with van der Waals surface area (Å²) in [4.78, 5) is 23.2. The number of benzene rings is 2. The quantitative estimate of drug-likeness (QED) is 0.508. The molecule has 1 amide bonds. The van der Waals surface area contributed by atoms with Crippen LogP contribution in [0.1, 0.15) is 35.9 Å². The second kappa shape index (κ2) is 9.28. The minimum Gasteiger partial charge on any atom is -0.340 e. The van der Waals surface area contributed by atoms with Gasteiger partial charge in [-0.05, 0) is 55.5 Å². The Morgan fingerprint density at radius 1 is 1.21 bits per heavy atom. The molecule has 0 spiro atoms. The first-order chi connectivity index (χ1) is 14.1. The summed E-state index contributed by atoms with van der Waals surface area (Å²) in [5.41, 5.74) is 2.23. The molecule has 3 aromatic rings. The van der Waals surface area contributed by atoms with Crippen molar-refractivity contribution in [3.63, 3.8) is 0 Å². The first-order valence-electron chi connectivity index (χ1n) is 10.1. The minimum atomic E-state index is 0.173. The van der Waals surface area contributed by atoms with Crippen LogP contribution in [0.2, 0.25) is 0 Å². The van der Waals surface area contributed by atoms with Gasteiger partial charge >= 0.3 is 0 Å². The number of carbonyl (C=O) groups is 1. The van der Waals surface area contributed by atoms with Gasteiger partial charge in [-0.1, -0.05) is 30.7 Å². The van der Waals surface area contributed by atoms with E-state index in [1.807, 2.05) is 18.0 Å². The van der Waals surface area contributed by atoms with Gasteiger partial charge < -0.3 is 4.90 Å². The molecule has 0 bridgehead atoms. The summed E-state index contributed by atoms with van der Waals surface area (Å²) in [5, 5.41) is 1.15. The molecule has 1 aliphatic rings. The third-order valence-corrected chi connectivity index (χ3v) is 7.43. The van der Waals surface area contributed by atoms with Crippen LogP contribution in [0.25, 0.3) is 10.2 Å². The largest absolute Gasteiger partial charge is 0.340 e. The number of piperidine rings is 1. The lowest BCUT2D eigenvalue weighted by atomic mass is 10.0. The Morgan fingerprint density at radius 2 is 2.00 bits per heavy atom. The van der Waals surface area contributed by atoms with Crippen molar-refractivity contribution in [2.45, 2.75) is 36.7 Å². The molecule has 0 radical (unpaired) electrons. The average Bonchev–Trinajstić information content (AvgIpc) is 3.18. The Kier molecular flexibility index (Phi) is 6.53. The Balaban J connectivity index is 1.43. The third-order valence-electron chi connectivity index (χ3n) is 5.55. The van der Waals surface area contributed by atoms with Gasteiger partial charge in [0, 0.05) is 18.5 Å². The van der Waals surface area contributed by atoms with Crippen molar-refractivity contribution in [3.8, 4) is 0 Å². The van der Waals surface area contributed by atoms with Gasteiger partial charge in [0.1, 0.15) is 5.01 Å². The SMILES string of the molecule is CSc1ccc(CN(C)C(=O)CN2CCCC[C@H]2c2nc3ccccc3s2)cc1. The number of aromatic nitrogens is 1. The zero-order chi connectivity index (χ0) is 20.2. The Labute approximate surface area is 180 Å². The molecule has 2 aromatic carbocycles. The fraction of sp³-hybridized carbons (Fsp3) is 0.391. The summed E-state index contributed by atoms with van der Waals surface area (Å²) < 4.78 is 1.23. The van der Waals surface area contributed by atoms with E-state index in [2.05, 4.69) is 53.6 Å². The van der Waals surface area contributed by atoms with Crippen LogP contribution in [-0.2, 0) is 11.3 Å². The maximum absolute atomic E-state index is 13.0. The van der Waals surface area contributed by atoms with E-state index in [0.29, 0.717) is 13.1 Å². The van der Waals surface area contributed by atoms with Gasteiger partial charge in [-0.15, -0.1) is 23.1 Å². The van der Waals surface area contributed by atoms with Crippen molar-refractivity contribution in [2.75, 3.05) is 26.4 Å². The molecule has 2 heterocycles. The van der Waals surface area contributed by atoms with Crippen LogP contribution in [0, 0.1) is 0 Å². The summed E-state index contributed by atoms with van der Waals surface area (Å²) in [6.45, 7) is 2.07. The molecule has 1 fully saturated rings. The molecule has 1 saturated heterocycles. The molecular formula is C23H27N3OS2. The van der Waals surface area contributed by atoms with Crippen LogP contribution in [-0.4, -0.2) is 47.1 Å². The van der Waals surface area contributed by atoms with Crippen LogP contribution >= 0.6 is 23.1 Å². The van der Waals surface area contributed by atoms with Crippen LogP contribution in [0.5, 0.6) is 0 Å². The number of likely N-dealkylation sites (tertiary alicyclic amines) is 1. The van der Waals surface area contributed by atoms with Crippen molar-refractivity contribution >= 4 is 39.2 Å². The summed E-state index contributed by atoms with van der Waals surface area (Å²) >= 11 is 3.50. The second-order valence-corrected chi connectivity index (χ2v) is 9.54. The van der Waals surface area contributed by atoms with E-state index in [1.165, 1.54) is 21.6 Å². The predicted molar refractivity (Wildman–Crippen MR) is 122 cm³/mol. The number of hydrogen-bond donors (Lipinski definition) is 0. The molecule has 0 aliphatic carbocycles. The smallest absolute Gasteiger partial charge is 0.236 e.